The SMILES string of the molecule is O=C(NC1(C(=O)O)CC2(CCC2)C1)c1cnn2cccc(Cc3ccc(C(F)(F)F)cc3)c12. The van der Waals surface area contributed by atoms with Gasteiger partial charge in [-0.15, -0.1) is 0 Å². The third kappa shape index (κ3) is 3.65. The van der Waals surface area contributed by atoms with Crippen LogP contribution < -0.4 is 5.32 Å². The Bertz CT molecular complexity index is 1240. The predicted octanol–water partition coefficient (Wildman–Crippen LogP) is 4.46. The Kier molecular flexibility index (Phi) is 4.77. The van der Waals surface area contributed by atoms with E-state index in [1.807, 2.05) is 0 Å². The monoisotopic (exact) mass is 457 g/mol. The minimum atomic E-state index is -4.41. The van der Waals surface area contributed by atoms with E-state index in [1.54, 1.807) is 18.3 Å². The van der Waals surface area contributed by atoms with Gasteiger partial charge in [0.1, 0.15) is 5.54 Å². The lowest BCUT2D eigenvalue weighted by Gasteiger charge is -2.59. The number of halogens is 3. The second-order valence-electron chi connectivity index (χ2n) is 9.30. The molecule has 3 aromatic rings. The number of fused-ring (bicyclic) bond motifs is 1. The lowest BCUT2D eigenvalue weighted by Crippen LogP contribution is -2.68. The third-order valence-corrected chi connectivity index (χ3v) is 7.07. The molecule has 2 heterocycles. The van der Waals surface area contributed by atoms with Gasteiger partial charge in [-0.1, -0.05) is 24.6 Å². The number of alkyl halides is 3. The van der Waals surface area contributed by atoms with Crippen molar-refractivity contribution in [3.63, 3.8) is 0 Å². The summed E-state index contributed by atoms with van der Waals surface area (Å²) in [5, 5.41) is 16.8. The van der Waals surface area contributed by atoms with Crippen molar-refractivity contribution in [1.82, 2.24) is 14.9 Å². The first-order valence-electron chi connectivity index (χ1n) is 10.8. The summed E-state index contributed by atoms with van der Waals surface area (Å²) < 4.78 is 40.1. The summed E-state index contributed by atoms with van der Waals surface area (Å²) >= 11 is 0. The van der Waals surface area contributed by atoms with E-state index in [-0.39, 0.29) is 11.0 Å². The molecule has 1 spiro atoms. The van der Waals surface area contributed by atoms with E-state index in [4.69, 9.17) is 0 Å². The van der Waals surface area contributed by atoms with Gasteiger partial charge >= 0.3 is 12.1 Å². The van der Waals surface area contributed by atoms with Gasteiger partial charge in [0.05, 0.1) is 22.8 Å². The van der Waals surface area contributed by atoms with Gasteiger partial charge in [0, 0.05) is 6.20 Å². The standard InChI is InChI=1S/C24H22F3N3O3/c25-24(26,27)17-6-4-15(5-7-17)11-16-3-1-10-30-19(16)18(12-28-30)20(31)29-23(21(32)33)13-22(14-23)8-2-9-22/h1,3-7,10,12H,2,8-9,11,13-14H2,(H,29,31)(H,32,33). The van der Waals surface area contributed by atoms with Crippen LogP contribution in [-0.4, -0.2) is 32.1 Å². The van der Waals surface area contributed by atoms with Crippen LogP contribution in [0.3, 0.4) is 0 Å². The highest BCUT2D eigenvalue weighted by Crippen LogP contribution is 2.60. The number of hydrogen-bond acceptors (Lipinski definition) is 3. The predicted molar refractivity (Wildman–Crippen MR) is 113 cm³/mol. The molecule has 0 bridgehead atoms. The number of carbonyl (C=O) groups excluding carboxylic acids is 1. The van der Waals surface area contributed by atoms with Crippen molar-refractivity contribution in [2.75, 3.05) is 0 Å². The summed E-state index contributed by atoms with van der Waals surface area (Å²) in [7, 11) is 0. The molecule has 9 heteroatoms. The minimum absolute atomic E-state index is 0.0422. The maximum atomic E-state index is 13.2. The van der Waals surface area contributed by atoms with Crippen molar-refractivity contribution in [1.29, 1.82) is 0 Å². The van der Waals surface area contributed by atoms with Gasteiger partial charge in [0.15, 0.2) is 0 Å². The average Bonchev–Trinajstić information content (AvgIpc) is 3.14. The fourth-order valence-corrected chi connectivity index (χ4v) is 5.29. The number of nitrogens with zero attached hydrogens (tertiary/aromatic N) is 2. The van der Waals surface area contributed by atoms with Gasteiger partial charge in [-0.25, -0.2) is 9.31 Å². The zero-order chi connectivity index (χ0) is 23.4. The van der Waals surface area contributed by atoms with Gasteiger partial charge in [-0.3, -0.25) is 4.79 Å². The quantitative estimate of drug-likeness (QED) is 0.593. The number of nitrogens with one attached hydrogen (secondary N) is 1. The summed E-state index contributed by atoms with van der Waals surface area (Å²) in [6.45, 7) is 0. The van der Waals surface area contributed by atoms with E-state index >= 15 is 0 Å². The largest absolute Gasteiger partial charge is 0.480 e. The van der Waals surface area contributed by atoms with Crippen LogP contribution in [0.25, 0.3) is 5.52 Å². The maximum absolute atomic E-state index is 13.2. The molecule has 0 aliphatic heterocycles. The molecule has 0 atom stereocenters. The average molecular weight is 457 g/mol. The first-order valence-corrected chi connectivity index (χ1v) is 10.8. The van der Waals surface area contributed by atoms with Gasteiger partial charge in [0.2, 0.25) is 0 Å². The molecule has 2 aliphatic carbocycles. The van der Waals surface area contributed by atoms with Crippen molar-refractivity contribution < 1.29 is 27.9 Å². The van der Waals surface area contributed by atoms with E-state index in [0.29, 0.717) is 35.9 Å². The van der Waals surface area contributed by atoms with Crippen LogP contribution in [0, 0.1) is 5.41 Å². The van der Waals surface area contributed by atoms with E-state index in [9.17, 15) is 27.9 Å². The number of carboxylic acids is 1. The van der Waals surface area contributed by atoms with Crippen molar-refractivity contribution in [2.24, 2.45) is 5.41 Å². The molecule has 5 rings (SSSR count). The van der Waals surface area contributed by atoms with Crippen LogP contribution in [-0.2, 0) is 17.4 Å². The van der Waals surface area contributed by atoms with Crippen LogP contribution in [0.2, 0.25) is 0 Å². The number of amides is 1. The van der Waals surface area contributed by atoms with Crippen LogP contribution in [0.4, 0.5) is 13.2 Å². The number of pyridine rings is 1. The zero-order valence-electron chi connectivity index (χ0n) is 17.7. The number of rotatable bonds is 5. The van der Waals surface area contributed by atoms with Crippen LogP contribution in [0.5, 0.6) is 0 Å². The molecule has 6 nitrogen and oxygen atoms in total. The van der Waals surface area contributed by atoms with Gasteiger partial charge in [-0.2, -0.15) is 18.3 Å². The van der Waals surface area contributed by atoms with E-state index in [0.717, 1.165) is 31.4 Å². The number of carboxylic acid groups (broad SMARTS) is 1. The highest BCUT2D eigenvalue weighted by Gasteiger charge is 2.61. The first-order chi connectivity index (χ1) is 15.6. The maximum Gasteiger partial charge on any atom is 0.416 e. The smallest absolute Gasteiger partial charge is 0.416 e. The Morgan fingerprint density at radius 1 is 1.12 bits per heavy atom. The molecule has 2 N–H and O–H groups in total. The summed E-state index contributed by atoms with van der Waals surface area (Å²) in [6, 6.07) is 8.41. The van der Waals surface area contributed by atoms with Crippen molar-refractivity contribution >= 4 is 17.4 Å². The van der Waals surface area contributed by atoms with Crippen molar-refractivity contribution in [2.45, 2.75) is 50.2 Å². The Hall–Kier alpha value is -3.36. The molecule has 33 heavy (non-hydrogen) atoms. The van der Waals surface area contributed by atoms with Crippen LogP contribution >= 0.6 is 0 Å². The number of aliphatic carboxylic acids is 1. The lowest BCUT2D eigenvalue weighted by molar-refractivity contribution is -0.161. The number of carbonyl (C=O) groups is 2. The van der Waals surface area contributed by atoms with Gasteiger partial charge in [-0.05, 0) is 66.8 Å². The second kappa shape index (κ2) is 7.33. The summed E-state index contributed by atoms with van der Waals surface area (Å²) in [6.07, 6.45) is 2.88. The van der Waals surface area contributed by atoms with Crippen molar-refractivity contribution in [3.8, 4) is 0 Å². The van der Waals surface area contributed by atoms with E-state index in [1.165, 1.54) is 22.8 Å². The molecule has 2 saturated carbocycles. The lowest BCUT2D eigenvalue weighted by atomic mass is 9.48. The molecular weight excluding hydrogens is 435 g/mol. The molecule has 1 amide bonds. The topological polar surface area (TPSA) is 83.7 Å². The number of benzene rings is 1. The van der Waals surface area contributed by atoms with Gasteiger partial charge in [0.25, 0.3) is 5.91 Å². The highest BCUT2D eigenvalue weighted by molar-refractivity contribution is 6.04. The molecule has 2 aromatic heterocycles. The fraction of sp³-hybridized carbons (Fsp3) is 0.375. The summed E-state index contributed by atoms with van der Waals surface area (Å²) in [5.74, 6) is -1.55. The number of hydrogen-bond donors (Lipinski definition) is 2. The molecule has 0 unspecified atom stereocenters. The molecule has 2 fully saturated rings. The molecule has 1 aromatic carbocycles. The normalized spacial score (nSPS) is 18.5. The molecular formula is C24H22F3N3O3. The first kappa shape index (κ1) is 21.5. The molecule has 2 aliphatic rings. The summed E-state index contributed by atoms with van der Waals surface area (Å²) in [4.78, 5) is 25.1. The minimum Gasteiger partial charge on any atom is -0.480 e. The zero-order valence-corrected chi connectivity index (χ0v) is 17.7. The highest BCUT2D eigenvalue weighted by atomic mass is 19.4. The number of aromatic nitrogens is 2. The molecule has 0 saturated heterocycles. The fourth-order valence-electron chi connectivity index (χ4n) is 5.29. The van der Waals surface area contributed by atoms with Gasteiger partial charge < -0.3 is 10.4 Å². The third-order valence-electron chi connectivity index (χ3n) is 7.07. The van der Waals surface area contributed by atoms with Crippen LogP contribution in [0.15, 0.2) is 48.8 Å². The Morgan fingerprint density at radius 3 is 2.39 bits per heavy atom. The Morgan fingerprint density at radius 2 is 1.82 bits per heavy atom. The van der Waals surface area contributed by atoms with Crippen molar-refractivity contribution in [3.05, 3.63) is 71.0 Å². The van der Waals surface area contributed by atoms with E-state index in [2.05, 4.69) is 10.4 Å². The summed E-state index contributed by atoms with van der Waals surface area (Å²) in [5.41, 5.74) is 0.151. The molecule has 0 radical (unpaired) electrons. The second-order valence-corrected chi connectivity index (χ2v) is 9.30. The van der Waals surface area contributed by atoms with E-state index < -0.39 is 29.2 Å². The Balaban J connectivity index is 1.42. The van der Waals surface area contributed by atoms with Crippen LogP contribution in [0.1, 0.15) is 59.2 Å². The molecule has 172 valence electrons. The Labute approximate surface area is 187 Å².